The number of hydrogen-bond acceptors (Lipinski definition) is 5. The van der Waals surface area contributed by atoms with Crippen molar-refractivity contribution in [3.63, 3.8) is 0 Å². The van der Waals surface area contributed by atoms with Gasteiger partial charge in [-0.3, -0.25) is 9.78 Å². The van der Waals surface area contributed by atoms with E-state index in [0.29, 0.717) is 0 Å². The first-order valence-electron chi connectivity index (χ1n) is 3.42. The van der Waals surface area contributed by atoms with E-state index in [0.717, 1.165) is 6.08 Å². The molecule has 0 saturated heterocycles. The zero-order valence-corrected chi connectivity index (χ0v) is 6.70. The van der Waals surface area contributed by atoms with E-state index in [1.54, 1.807) is 13.8 Å². The number of hydrogen-bond donors (Lipinski definition) is 0. The van der Waals surface area contributed by atoms with E-state index in [9.17, 15) is 9.59 Å². The molecule has 5 nitrogen and oxygen atoms in total. The Morgan fingerprint density at radius 1 is 1.25 bits per heavy atom. The van der Waals surface area contributed by atoms with Gasteiger partial charge in [0.2, 0.25) is 0 Å². The smallest absolute Gasteiger partial charge is 0.255 e. The lowest BCUT2D eigenvalue weighted by Gasteiger charge is -2.02. The summed E-state index contributed by atoms with van der Waals surface area (Å²) < 4.78 is 0. The Labute approximate surface area is 68.8 Å². The van der Waals surface area contributed by atoms with Crippen LogP contribution in [0.3, 0.4) is 0 Å². The van der Waals surface area contributed by atoms with Crippen LogP contribution in [-0.4, -0.2) is 11.9 Å². The van der Waals surface area contributed by atoms with Crippen LogP contribution in [-0.2, 0) is 24.4 Å². The molecule has 0 aliphatic carbocycles. The molecule has 0 aromatic heterocycles. The van der Waals surface area contributed by atoms with E-state index in [4.69, 9.17) is 0 Å². The molecule has 66 valence electrons. The van der Waals surface area contributed by atoms with Crippen molar-refractivity contribution in [3.05, 3.63) is 11.6 Å². The maximum Gasteiger partial charge on any atom is 0.373 e. The van der Waals surface area contributed by atoms with Gasteiger partial charge in [-0.25, -0.2) is 9.59 Å². The Bertz CT molecular complexity index is 240. The van der Waals surface area contributed by atoms with Crippen molar-refractivity contribution >= 4 is 11.9 Å². The van der Waals surface area contributed by atoms with Gasteiger partial charge < -0.3 is 0 Å². The highest BCUT2D eigenvalue weighted by Crippen LogP contribution is 2.14. The fraction of sp³-hybridized carbons (Fsp3) is 0.429. The average Bonchev–Trinajstić information content (AvgIpc) is 2.13. The van der Waals surface area contributed by atoms with Crippen molar-refractivity contribution in [1.82, 2.24) is 0 Å². The molecule has 0 unspecified atom stereocenters. The third kappa shape index (κ3) is 1.82. The van der Waals surface area contributed by atoms with Gasteiger partial charge in [0.25, 0.3) is 0 Å². The molecule has 1 aliphatic rings. The van der Waals surface area contributed by atoms with Crippen LogP contribution in [0.2, 0.25) is 0 Å². The molecule has 0 fully saturated rings. The summed E-state index contributed by atoms with van der Waals surface area (Å²) in [7, 11) is 0. The number of rotatable bonds is 1. The molecule has 1 heterocycles. The molecule has 0 amide bonds. The van der Waals surface area contributed by atoms with Gasteiger partial charge in [0, 0.05) is 11.1 Å². The molecule has 0 bridgehead atoms. The Kier molecular flexibility index (Phi) is 2.44. The van der Waals surface area contributed by atoms with Gasteiger partial charge in [-0.05, 0) is 5.92 Å². The van der Waals surface area contributed by atoms with E-state index in [1.807, 2.05) is 0 Å². The van der Waals surface area contributed by atoms with Crippen LogP contribution in [0.15, 0.2) is 11.6 Å². The van der Waals surface area contributed by atoms with E-state index < -0.39 is 11.9 Å². The summed E-state index contributed by atoms with van der Waals surface area (Å²) in [6.45, 7) is 3.51. The predicted octanol–water partition coefficient (Wildman–Crippen LogP) is 0.515. The fourth-order valence-corrected chi connectivity index (χ4v) is 0.742. The minimum atomic E-state index is -0.746. The topological polar surface area (TPSA) is 61.8 Å². The summed E-state index contributed by atoms with van der Waals surface area (Å²) in [6.07, 6.45) is 1.06. The molecule has 0 aromatic rings. The van der Waals surface area contributed by atoms with Crippen LogP contribution in [0.25, 0.3) is 0 Å². The van der Waals surface area contributed by atoms with Crippen LogP contribution in [0.5, 0.6) is 0 Å². The highest BCUT2D eigenvalue weighted by atomic mass is 17.5. The van der Waals surface area contributed by atoms with Crippen molar-refractivity contribution in [2.24, 2.45) is 5.92 Å². The predicted molar refractivity (Wildman–Crippen MR) is 36.2 cm³/mol. The molecule has 0 N–H and O–H groups in total. The summed E-state index contributed by atoms with van der Waals surface area (Å²) >= 11 is 0. The molecule has 0 saturated carbocycles. The maximum atomic E-state index is 11.0. The molecule has 1 rings (SSSR count). The van der Waals surface area contributed by atoms with Crippen LogP contribution >= 0.6 is 0 Å². The van der Waals surface area contributed by atoms with E-state index in [1.165, 1.54) is 0 Å². The largest absolute Gasteiger partial charge is 0.373 e. The van der Waals surface area contributed by atoms with Crippen LogP contribution < -0.4 is 0 Å². The van der Waals surface area contributed by atoms with Crippen molar-refractivity contribution < 1.29 is 24.4 Å². The van der Waals surface area contributed by atoms with E-state index >= 15 is 0 Å². The SMILES string of the molecule is CC(C)C1=CC(=O)OOOC1=O. The Balaban J connectivity index is 2.89. The first-order valence-corrected chi connectivity index (χ1v) is 3.42. The van der Waals surface area contributed by atoms with E-state index in [-0.39, 0.29) is 11.5 Å². The standard InChI is InChI=1S/C7H8O5/c1-4(2)5-3-6(8)10-12-11-7(5)9/h3-4H,1-2H3. The lowest BCUT2D eigenvalue weighted by molar-refractivity contribution is -0.454. The Hall–Kier alpha value is -1.36. The molecule has 12 heavy (non-hydrogen) atoms. The summed E-state index contributed by atoms with van der Waals surface area (Å²) in [5, 5.41) is 3.85. The third-order valence-corrected chi connectivity index (χ3v) is 1.36. The minimum Gasteiger partial charge on any atom is -0.255 e. The summed E-state index contributed by atoms with van der Waals surface area (Å²) in [5.74, 6) is -1.55. The fourth-order valence-electron chi connectivity index (χ4n) is 0.742. The summed E-state index contributed by atoms with van der Waals surface area (Å²) in [6, 6.07) is 0. The molecule has 0 spiro atoms. The summed E-state index contributed by atoms with van der Waals surface area (Å²) in [5.41, 5.74) is 0.234. The molecular formula is C7H8O5. The zero-order valence-electron chi connectivity index (χ0n) is 6.70. The van der Waals surface area contributed by atoms with Gasteiger partial charge in [-0.15, -0.1) is 0 Å². The first kappa shape index (κ1) is 8.73. The van der Waals surface area contributed by atoms with Crippen LogP contribution in [0.1, 0.15) is 13.8 Å². The van der Waals surface area contributed by atoms with Crippen LogP contribution in [0, 0.1) is 5.92 Å². The lowest BCUT2D eigenvalue weighted by atomic mass is 10.0. The normalized spacial score (nSPS) is 18.1. The number of carbonyl (C=O) groups excluding carboxylic acids is 2. The second kappa shape index (κ2) is 3.36. The second-order valence-electron chi connectivity index (χ2n) is 2.60. The molecule has 5 heteroatoms. The van der Waals surface area contributed by atoms with Gasteiger partial charge in [-0.2, -0.15) is 0 Å². The van der Waals surface area contributed by atoms with Gasteiger partial charge in [0.05, 0.1) is 5.57 Å². The van der Waals surface area contributed by atoms with Crippen molar-refractivity contribution in [2.75, 3.05) is 0 Å². The highest BCUT2D eigenvalue weighted by Gasteiger charge is 2.22. The summed E-state index contributed by atoms with van der Waals surface area (Å²) in [4.78, 5) is 29.7. The second-order valence-corrected chi connectivity index (χ2v) is 2.60. The van der Waals surface area contributed by atoms with E-state index in [2.05, 4.69) is 14.8 Å². The van der Waals surface area contributed by atoms with Crippen molar-refractivity contribution in [3.8, 4) is 0 Å². The Morgan fingerprint density at radius 3 is 2.50 bits per heavy atom. The van der Waals surface area contributed by atoms with Gasteiger partial charge >= 0.3 is 11.9 Å². The number of carbonyl (C=O) groups is 2. The van der Waals surface area contributed by atoms with Crippen molar-refractivity contribution in [1.29, 1.82) is 0 Å². The average molecular weight is 172 g/mol. The molecule has 0 radical (unpaired) electrons. The highest BCUT2D eigenvalue weighted by molar-refractivity contribution is 5.96. The maximum absolute atomic E-state index is 11.0. The van der Waals surface area contributed by atoms with Gasteiger partial charge in [0.15, 0.2) is 0 Å². The minimum absolute atomic E-state index is 0.105. The zero-order chi connectivity index (χ0) is 9.14. The van der Waals surface area contributed by atoms with Gasteiger partial charge in [0.1, 0.15) is 0 Å². The Morgan fingerprint density at radius 2 is 1.92 bits per heavy atom. The first-order chi connectivity index (χ1) is 5.61. The molecule has 0 atom stereocenters. The van der Waals surface area contributed by atoms with Crippen LogP contribution in [0.4, 0.5) is 0 Å². The van der Waals surface area contributed by atoms with Crippen molar-refractivity contribution in [2.45, 2.75) is 13.8 Å². The van der Waals surface area contributed by atoms with Gasteiger partial charge in [-0.1, -0.05) is 13.8 Å². The molecule has 0 aromatic carbocycles. The monoisotopic (exact) mass is 172 g/mol. The lowest BCUT2D eigenvalue weighted by Crippen LogP contribution is -2.10. The molecule has 1 aliphatic heterocycles. The molecular weight excluding hydrogens is 164 g/mol. The quantitative estimate of drug-likeness (QED) is 0.539. The third-order valence-electron chi connectivity index (χ3n) is 1.36.